The number of Topliss-reactive ketones (excluding diaryl/α,β-unsaturated/α-hetero) is 1. The first-order valence-corrected chi connectivity index (χ1v) is 7.15. The third-order valence-electron chi connectivity index (χ3n) is 3.30. The van der Waals surface area contributed by atoms with Crippen LogP contribution in [0.15, 0.2) is 48.5 Å². The van der Waals surface area contributed by atoms with Gasteiger partial charge in [0, 0.05) is 11.6 Å². The quantitative estimate of drug-likeness (QED) is 0.480. The average molecular weight is 328 g/mol. The number of ether oxygens (including phenoxy) is 3. The molecule has 3 rings (SSSR count). The molecular weight excluding hydrogens is 315 g/mol. The molecule has 0 saturated carbocycles. The fourth-order valence-electron chi connectivity index (χ4n) is 2.11. The van der Waals surface area contributed by atoms with E-state index in [4.69, 9.17) is 14.2 Å². The number of esters is 1. The molecule has 0 unspecified atom stereocenters. The summed E-state index contributed by atoms with van der Waals surface area (Å²) < 4.78 is 28.2. The van der Waals surface area contributed by atoms with E-state index in [1.54, 1.807) is 24.3 Å². The lowest BCUT2D eigenvalue weighted by molar-refractivity contribution is -0.136. The number of benzene rings is 2. The molecule has 122 valence electrons. The molecule has 1 heterocycles. The topological polar surface area (TPSA) is 61.8 Å². The van der Waals surface area contributed by atoms with Gasteiger partial charge in [0.05, 0.1) is 0 Å². The second-order valence-electron chi connectivity index (χ2n) is 4.99. The minimum atomic E-state index is -0.687. The highest BCUT2D eigenvalue weighted by Crippen LogP contribution is 2.32. The summed E-state index contributed by atoms with van der Waals surface area (Å²) in [5, 5.41) is 0. The van der Waals surface area contributed by atoms with Gasteiger partial charge < -0.3 is 14.2 Å². The fourth-order valence-corrected chi connectivity index (χ4v) is 2.11. The number of fused-ring (bicyclic) bond motifs is 1. The lowest BCUT2D eigenvalue weighted by Crippen LogP contribution is -2.12. The fraction of sp³-hybridized carbons (Fsp3) is 0.111. The van der Waals surface area contributed by atoms with E-state index in [1.165, 1.54) is 24.3 Å². The Morgan fingerprint density at radius 1 is 1.12 bits per heavy atom. The van der Waals surface area contributed by atoms with E-state index in [9.17, 15) is 14.0 Å². The van der Waals surface area contributed by atoms with Crippen LogP contribution < -0.4 is 9.47 Å². The molecule has 6 heteroatoms. The van der Waals surface area contributed by atoms with Gasteiger partial charge in [0.25, 0.3) is 0 Å². The number of rotatable bonds is 5. The van der Waals surface area contributed by atoms with Crippen LogP contribution in [-0.2, 0) is 9.53 Å². The largest absolute Gasteiger partial charge is 0.454 e. The van der Waals surface area contributed by atoms with Crippen LogP contribution in [0, 0.1) is 5.82 Å². The normalized spacial score (nSPS) is 12.4. The molecule has 1 aliphatic heterocycles. The zero-order valence-corrected chi connectivity index (χ0v) is 12.5. The Morgan fingerprint density at radius 3 is 2.79 bits per heavy atom. The van der Waals surface area contributed by atoms with Crippen LogP contribution in [0.25, 0.3) is 6.08 Å². The van der Waals surface area contributed by atoms with Gasteiger partial charge in [0.1, 0.15) is 5.82 Å². The van der Waals surface area contributed by atoms with Gasteiger partial charge in [-0.15, -0.1) is 0 Å². The monoisotopic (exact) mass is 328 g/mol. The van der Waals surface area contributed by atoms with Crippen molar-refractivity contribution in [1.82, 2.24) is 0 Å². The van der Waals surface area contributed by atoms with Gasteiger partial charge >= 0.3 is 5.97 Å². The van der Waals surface area contributed by atoms with Crippen molar-refractivity contribution in [1.29, 1.82) is 0 Å². The van der Waals surface area contributed by atoms with Crippen molar-refractivity contribution in [2.45, 2.75) is 0 Å². The molecule has 2 aromatic carbocycles. The summed E-state index contributed by atoms with van der Waals surface area (Å²) in [4.78, 5) is 23.6. The van der Waals surface area contributed by atoms with Crippen molar-refractivity contribution in [3.8, 4) is 11.5 Å². The van der Waals surface area contributed by atoms with Crippen LogP contribution in [0.2, 0.25) is 0 Å². The maximum absolute atomic E-state index is 13.0. The minimum Gasteiger partial charge on any atom is -0.454 e. The molecular formula is C18H13FO5. The molecule has 0 bridgehead atoms. The Morgan fingerprint density at radius 2 is 1.96 bits per heavy atom. The lowest BCUT2D eigenvalue weighted by Gasteiger charge is -2.03. The van der Waals surface area contributed by atoms with Crippen molar-refractivity contribution >= 4 is 17.8 Å². The summed E-state index contributed by atoms with van der Waals surface area (Å²) in [6.07, 6.45) is 2.55. The van der Waals surface area contributed by atoms with Crippen molar-refractivity contribution in [2.75, 3.05) is 13.4 Å². The molecule has 0 N–H and O–H groups in total. The molecule has 0 fully saturated rings. The molecule has 0 spiro atoms. The van der Waals surface area contributed by atoms with Crippen molar-refractivity contribution in [3.63, 3.8) is 0 Å². The molecule has 2 aromatic rings. The zero-order valence-electron chi connectivity index (χ0n) is 12.5. The Kier molecular flexibility index (Phi) is 4.56. The number of ketones is 1. The Bertz CT molecular complexity index is 813. The SMILES string of the molecule is O=C(/C=C/c1cccc(F)c1)OCC(=O)c1ccc2c(c1)OCO2. The van der Waals surface area contributed by atoms with Crippen molar-refractivity contribution in [2.24, 2.45) is 0 Å². The summed E-state index contributed by atoms with van der Waals surface area (Å²) >= 11 is 0. The van der Waals surface area contributed by atoms with Crippen LogP contribution in [0.4, 0.5) is 4.39 Å². The third-order valence-corrected chi connectivity index (χ3v) is 3.30. The van der Waals surface area contributed by atoms with Gasteiger partial charge in [-0.05, 0) is 42.0 Å². The predicted molar refractivity (Wildman–Crippen MR) is 83.3 cm³/mol. The van der Waals surface area contributed by atoms with Crippen molar-refractivity contribution in [3.05, 3.63) is 65.5 Å². The molecule has 0 amide bonds. The molecule has 0 radical (unpaired) electrons. The summed E-state index contributed by atoms with van der Waals surface area (Å²) in [6.45, 7) is -0.279. The molecule has 5 nitrogen and oxygen atoms in total. The summed E-state index contributed by atoms with van der Waals surface area (Å²) in [7, 11) is 0. The van der Waals surface area contributed by atoms with E-state index < -0.39 is 18.4 Å². The van der Waals surface area contributed by atoms with Crippen LogP contribution in [-0.4, -0.2) is 25.2 Å². The first-order chi connectivity index (χ1) is 11.6. The number of hydrogen-bond acceptors (Lipinski definition) is 5. The zero-order chi connectivity index (χ0) is 16.9. The van der Waals surface area contributed by atoms with Crippen LogP contribution in [0.3, 0.4) is 0 Å². The van der Waals surface area contributed by atoms with Gasteiger partial charge in [-0.25, -0.2) is 9.18 Å². The first-order valence-electron chi connectivity index (χ1n) is 7.15. The highest BCUT2D eigenvalue weighted by molar-refractivity contribution is 5.99. The number of halogens is 1. The van der Waals surface area contributed by atoms with Gasteiger partial charge in [0.2, 0.25) is 6.79 Å². The van der Waals surface area contributed by atoms with E-state index in [2.05, 4.69) is 0 Å². The molecule has 0 aromatic heterocycles. The highest BCUT2D eigenvalue weighted by Gasteiger charge is 2.16. The molecule has 1 aliphatic rings. The second-order valence-corrected chi connectivity index (χ2v) is 4.99. The van der Waals surface area contributed by atoms with Crippen LogP contribution >= 0.6 is 0 Å². The maximum Gasteiger partial charge on any atom is 0.331 e. The smallest absolute Gasteiger partial charge is 0.331 e. The minimum absolute atomic E-state index is 0.118. The van der Waals surface area contributed by atoms with E-state index in [0.29, 0.717) is 22.6 Å². The van der Waals surface area contributed by atoms with Crippen LogP contribution in [0.1, 0.15) is 15.9 Å². The average Bonchev–Trinajstić information content (AvgIpc) is 3.05. The summed E-state index contributed by atoms with van der Waals surface area (Å²) in [6, 6.07) is 10.5. The summed E-state index contributed by atoms with van der Waals surface area (Å²) in [5.41, 5.74) is 0.884. The molecule has 0 aliphatic carbocycles. The van der Waals surface area contributed by atoms with E-state index in [1.807, 2.05) is 0 Å². The van der Waals surface area contributed by atoms with Gasteiger partial charge in [0.15, 0.2) is 23.9 Å². The highest BCUT2D eigenvalue weighted by atomic mass is 19.1. The number of hydrogen-bond donors (Lipinski definition) is 0. The molecule has 24 heavy (non-hydrogen) atoms. The van der Waals surface area contributed by atoms with E-state index >= 15 is 0 Å². The molecule has 0 saturated heterocycles. The van der Waals surface area contributed by atoms with Gasteiger partial charge in [-0.2, -0.15) is 0 Å². The van der Waals surface area contributed by atoms with Crippen molar-refractivity contribution < 1.29 is 28.2 Å². The number of carbonyl (C=O) groups is 2. The van der Waals surface area contributed by atoms with Gasteiger partial charge in [-0.1, -0.05) is 12.1 Å². The standard InChI is InChI=1S/C18H13FO5/c19-14-3-1-2-12(8-14)4-7-18(21)22-10-15(20)13-5-6-16-17(9-13)24-11-23-16/h1-9H,10-11H2/b7-4+. The van der Waals surface area contributed by atoms with Crippen LogP contribution in [0.5, 0.6) is 11.5 Å². The summed E-state index contributed by atoms with van der Waals surface area (Å²) in [5.74, 6) is -0.391. The van der Waals surface area contributed by atoms with E-state index in [-0.39, 0.29) is 12.6 Å². The Hall–Kier alpha value is -3.15. The van der Waals surface area contributed by atoms with E-state index in [0.717, 1.165) is 6.08 Å². The third kappa shape index (κ3) is 3.78. The predicted octanol–water partition coefficient (Wildman–Crippen LogP) is 2.99. The maximum atomic E-state index is 13.0. The second kappa shape index (κ2) is 6.95. The lowest BCUT2D eigenvalue weighted by atomic mass is 10.1. The Balaban J connectivity index is 1.55. The molecule has 0 atom stereocenters. The number of carbonyl (C=O) groups excluding carboxylic acids is 2. The first kappa shape index (κ1) is 15.7. The van der Waals surface area contributed by atoms with Gasteiger partial charge in [-0.3, -0.25) is 4.79 Å². The Labute approximate surface area is 137 Å².